The van der Waals surface area contributed by atoms with Gasteiger partial charge in [0.1, 0.15) is 11.6 Å². The van der Waals surface area contributed by atoms with E-state index in [4.69, 9.17) is 16.3 Å². The number of benzene rings is 3. The van der Waals surface area contributed by atoms with Crippen LogP contribution in [-0.4, -0.2) is 17.6 Å². The topological polar surface area (TPSA) is 55.4 Å². The minimum atomic E-state index is -0.368. The smallest absolute Gasteiger partial charge is 0.312 e. The largest absolute Gasteiger partial charge is 0.427 e. The van der Waals surface area contributed by atoms with E-state index in [1.807, 2.05) is 0 Å². The molecule has 4 nitrogen and oxygen atoms in total. The van der Waals surface area contributed by atoms with E-state index < -0.39 is 0 Å². The molecule has 0 unspecified atom stereocenters. The summed E-state index contributed by atoms with van der Waals surface area (Å²) in [4.78, 5) is 25.1. The molecule has 29 heavy (non-hydrogen) atoms. The lowest BCUT2D eigenvalue weighted by Crippen LogP contribution is -2.12. The number of carbonyl (C=O) groups is 2. The molecule has 0 spiro atoms. The van der Waals surface area contributed by atoms with E-state index in [0.29, 0.717) is 27.8 Å². The monoisotopic (exact) mass is 429 g/mol. The Balaban J connectivity index is 1.47. The Bertz CT molecular complexity index is 994. The van der Waals surface area contributed by atoms with Crippen LogP contribution in [0.15, 0.2) is 77.7 Å². The lowest BCUT2D eigenvalue weighted by molar-refractivity contribution is -0.133. The molecule has 0 bridgehead atoms. The Kier molecular flexibility index (Phi) is 7.27. The molecule has 0 aliphatic heterocycles. The summed E-state index contributed by atoms with van der Waals surface area (Å²) in [5, 5.41) is 3.11. The van der Waals surface area contributed by atoms with Crippen LogP contribution in [0.25, 0.3) is 0 Å². The summed E-state index contributed by atoms with van der Waals surface area (Å²) in [6, 6.07) is 19.4. The molecule has 0 atom stereocenters. The number of esters is 1. The highest BCUT2D eigenvalue weighted by Crippen LogP contribution is 2.21. The molecule has 3 rings (SSSR count). The second-order valence-electron chi connectivity index (χ2n) is 5.98. The van der Waals surface area contributed by atoms with Crippen molar-refractivity contribution in [1.29, 1.82) is 0 Å². The highest BCUT2D eigenvalue weighted by atomic mass is 35.5. The van der Waals surface area contributed by atoms with Gasteiger partial charge >= 0.3 is 5.97 Å². The number of carbonyl (C=O) groups excluding carboxylic acids is 2. The fourth-order valence-electron chi connectivity index (χ4n) is 2.42. The van der Waals surface area contributed by atoms with Crippen molar-refractivity contribution in [3.05, 3.63) is 89.2 Å². The van der Waals surface area contributed by atoms with Gasteiger partial charge in [0.15, 0.2) is 0 Å². The van der Waals surface area contributed by atoms with Crippen LogP contribution in [-0.2, 0) is 4.79 Å². The maximum absolute atomic E-state index is 12.9. The summed E-state index contributed by atoms with van der Waals surface area (Å²) in [6.07, 6.45) is 0.215. The van der Waals surface area contributed by atoms with E-state index in [2.05, 4.69) is 5.32 Å². The first-order valence-electron chi connectivity index (χ1n) is 8.76. The summed E-state index contributed by atoms with van der Waals surface area (Å²) in [5.41, 5.74) is 0.935. The van der Waals surface area contributed by atoms with Crippen LogP contribution in [0.1, 0.15) is 16.8 Å². The zero-order valence-electron chi connectivity index (χ0n) is 15.2. The van der Waals surface area contributed by atoms with Crippen molar-refractivity contribution in [2.45, 2.75) is 11.3 Å². The van der Waals surface area contributed by atoms with Gasteiger partial charge in [0.25, 0.3) is 5.91 Å². The zero-order valence-corrected chi connectivity index (χ0v) is 16.8. The number of anilines is 1. The van der Waals surface area contributed by atoms with Gasteiger partial charge in [-0.1, -0.05) is 23.7 Å². The third-order valence-corrected chi connectivity index (χ3v) is 5.19. The summed E-state index contributed by atoms with van der Waals surface area (Å²) in [6.45, 7) is 0. The SMILES string of the molecule is O=C(CCSc1ccc(F)cc1)Oc1ccc(NC(=O)c2ccccc2Cl)cc1. The van der Waals surface area contributed by atoms with Crippen LogP contribution in [0.5, 0.6) is 5.75 Å². The molecule has 1 N–H and O–H groups in total. The van der Waals surface area contributed by atoms with Crippen LogP contribution in [0.2, 0.25) is 5.02 Å². The molecular weight excluding hydrogens is 413 g/mol. The minimum absolute atomic E-state index is 0.215. The van der Waals surface area contributed by atoms with Crippen LogP contribution >= 0.6 is 23.4 Å². The first-order valence-corrected chi connectivity index (χ1v) is 10.1. The van der Waals surface area contributed by atoms with Crippen molar-refractivity contribution in [3.8, 4) is 5.75 Å². The highest BCUT2D eigenvalue weighted by molar-refractivity contribution is 7.99. The maximum atomic E-state index is 12.9. The van der Waals surface area contributed by atoms with Gasteiger partial charge in [-0.3, -0.25) is 9.59 Å². The van der Waals surface area contributed by atoms with Crippen molar-refractivity contribution >= 4 is 40.9 Å². The van der Waals surface area contributed by atoms with E-state index in [-0.39, 0.29) is 24.1 Å². The van der Waals surface area contributed by atoms with E-state index in [1.165, 1.54) is 23.9 Å². The fourth-order valence-corrected chi connectivity index (χ4v) is 3.47. The fraction of sp³-hybridized carbons (Fsp3) is 0.0909. The molecular formula is C22H17ClFNO3S. The Hall–Kier alpha value is -2.83. The molecule has 148 valence electrons. The number of ether oxygens (including phenoxy) is 1. The predicted octanol–water partition coefficient (Wildman–Crippen LogP) is 5.82. The number of hydrogen-bond acceptors (Lipinski definition) is 4. The van der Waals surface area contributed by atoms with Crippen molar-refractivity contribution in [1.82, 2.24) is 0 Å². The molecule has 0 saturated heterocycles. The lowest BCUT2D eigenvalue weighted by atomic mass is 10.2. The van der Waals surface area contributed by atoms with Crippen LogP contribution in [0.3, 0.4) is 0 Å². The number of nitrogens with one attached hydrogen (secondary N) is 1. The van der Waals surface area contributed by atoms with Gasteiger partial charge in [0, 0.05) is 16.3 Å². The van der Waals surface area contributed by atoms with E-state index in [9.17, 15) is 14.0 Å². The molecule has 0 radical (unpaired) electrons. The Morgan fingerprint density at radius 3 is 2.34 bits per heavy atom. The second kappa shape index (κ2) is 10.1. The van der Waals surface area contributed by atoms with Crippen molar-refractivity contribution < 1.29 is 18.7 Å². The quantitative estimate of drug-likeness (QED) is 0.292. The first kappa shape index (κ1) is 20.9. The first-order chi connectivity index (χ1) is 14.0. The molecule has 1 amide bonds. The Morgan fingerprint density at radius 2 is 1.66 bits per heavy atom. The molecule has 3 aromatic rings. The van der Waals surface area contributed by atoms with Gasteiger partial charge in [0.05, 0.1) is 17.0 Å². The van der Waals surface area contributed by atoms with Gasteiger partial charge in [-0.2, -0.15) is 0 Å². The van der Waals surface area contributed by atoms with Crippen molar-refractivity contribution in [2.75, 3.05) is 11.1 Å². The molecule has 3 aromatic carbocycles. The van der Waals surface area contributed by atoms with Gasteiger partial charge in [-0.25, -0.2) is 4.39 Å². The molecule has 0 heterocycles. The van der Waals surface area contributed by atoms with Crippen LogP contribution in [0.4, 0.5) is 10.1 Å². The minimum Gasteiger partial charge on any atom is -0.427 e. The lowest BCUT2D eigenvalue weighted by Gasteiger charge is -2.08. The normalized spacial score (nSPS) is 10.4. The molecule has 0 aliphatic rings. The standard InChI is InChI=1S/C22H17ClFNO3S/c23-20-4-2-1-3-19(20)22(27)25-16-7-9-17(10-8-16)28-21(26)13-14-29-18-11-5-15(24)6-12-18/h1-12H,13-14H2,(H,25,27). The number of thioether (sulfide) groups is 1. The summed E-state index contributed by atoms with van der Waals surface area (Å²) in [5.74, 6) is -0.0698. The summed E-state index contributed by atoms with van der Waals surface area (Å²) < 4.78 is 18.2. The van der Waals surface area contributed by atoms with Gasteiger partial charge in [-0.15, -0.1) is 11.8 Å². The average Bonchev–Trinajstić information content (AvgIpc) is 2.71. The number of hydrogen-bond donors (Lipinski definition) is 1. The van der Waals surface area contributed by atoms with Crippen molar-refractivity contribution in [3.63, 3.8) is 0 Å². The van der Waals surface area contributed by atoms with Crippen LogP contribution < -0.4 is 10.1 Å². The Labute approximate surface area is 177 Å². The van der Waals surface area contributed by atoms with E-state index in [0.717, 1.165) is 4.90 Å². The number of halogens is 2. The van der Waals surface area contributed by atoms with Gasteiger partial charge < -0.3 is 10.1 Å². The summed E-state index contributed by atoms with van der Waals surface area (Å²) in [7, 11) is 0. The van der Waals surface area contributed by atoms with E-state index in [1.54, 1.807) is 60.7 Å². The van der Waals surface area contributed by atoms with Crippen LogP contribution in [0, 0.1) is 5.82 Å². The zero-order chi connectivity index (χ0) is 20.6. The number of amides is 1. The number of rotatable bonds is 7. The summed E-state index contributed by atoms with van der Waals surface area (Å²) >= 11 is 7.47. The molecule has 0 aliphatic carbocycles. The average molecular weight is 430 g/mol. The predicted molar refractivity (Wildman–Crippen MR) is 113 cm³/mol. The third kappa shape index (κ3) is 6.34. The van der Waals surface area contributed by atoms with Gasteiger partial charge in [-0.05, 0) is 60.7 Å². The molecule has 0 fully saturated rings. The highest BCUT2D eigenvalue weighted by Gasteiger charge is 2.10. The molecule has 0 aromatic heterocycles. The molecule has 0 saturated carbocycles. The second-order valence-corrected chi connectivity index (χ2v) is 7.56. The molecule has 7 heteroatoms. The van der Waals surface area contributed by atoms with E-state index >= 15 is 0 Å². The van der Waals surface area contributed by atoms with Gasteiger partial charge in [0.2, 0.25) is 0 Å². The Morgan fingerprint density at radius 1 is 0.966 bits per heavy atom. The van der Waals surface area contributed by atoms with Crippen molar-refractivity contribution in [2.24, 2.45) is 0 Å². The third-order valence-electron chi connectivity index (χ3n) is 3.85. The maximum Gasteiger partial charge on any atom is 0.312 e.